The Morgan fingerprint density at radius 3 is 3.07 bits per heavy atom. The molecule has 0 saturated heterocycles. The Hall–Kier alpha value is -2.03. The SMILES string of the molecule is [c]1ncnc2cc3cccnc3cc12. The smallest absolute Gasteiger partial charge is 0.116 e. The highest BCUT2D eigenvalue weighted by Crippen LogP contribution is 2.17. The molecule has 0 fully saturated rings. The van der Waals surface area contributed by atoms with E-state index in [4.69, 9.17) is 0 Å². The van der Waals surface area contributed by atoms with Crippen molar-refractivity contribution < 1.29 is 0 Å². The molecule has 0 N–H and O–H groups in total. The topological polar surface area (TPSA) is 38.7 Å². The van der Waals surface area contributed by atoms with Gasteiger partial charge in [-0.15, -0.1) is 0 Å². The summed E-state index contributed by atoms with van der Waals surface area (Å²) in [5.41, 5.74) is 1.85. The van der Waals surface area contributed by atoms with Crippen molar-refractivity contribution in [3.63, 3.8) is 0 Å². The van der Waals surface area contributed by atoms with Crippen molar-refractivity contribution in [2.75, 3.05) is 0 Å². The number of fused-ring (bicyclic) bond motifs is 2. The van der Waals surface area contributed by atoms with Gasteiger partial charge in [-0.05, 0) is 18.2 Å². The van der Waals surface area contributed by atoms with Gasteiger partial charge in [-0.3, -0.25) is 4.98 Å². The van der Waals surface area contributed by atoms with Gasteiger partial charge in [-0.1, -0.05) is 6.07 Å². The lowest BCUT2D eigenvalue weighted by Gasteiger charge is -1.98. The Balaban J connectivity index is 2.52. The molecule has 0 unspecified atom stereocenters. The summed E-state index contributed by atoms with van der Waals surface area (Å²) >= 11 is 0. The summed E-state index contributed by atoms with van der Waals surface area (Å²) in [5, 5.41) is 1.99. The third-order valence-corrected chi connectivity index (χ3v) is 2.16. The minimum atomic E-state index is 0.902. The molecule has 2 aromatic heterocycles. The largest absolute Gasteiger partial charge is 0.256 e. The maximum absolute atomic E-state index is 4.26. The Morgan fingerprint density at radius 2 is 2.07 bits per heavy atom. The highest BCUT2D eigenvalue weighted by atomic mass is 14.8. The fourth-order valence-electron chi connectivity index (χ4n) is 1.49. The summed E-state index contributed by atoms with van der Waals surface area (Å²) in [4.78, 5) is 12.3. The van der Waals surface area contributed by atoms with E-state index in [1.165, 1.54) is 6.33 Å². The van der Waals surface area contributed by atoms with E-state index in [1.807, 2.05) is 24.3 Å². The molecular weight excluding hydrogens is 174 g/mol. The first kappa shape index (κ1) is 7.38. The second-order valence-corrected chi connectivity index (χ2v) is 3.05. The average molecular weight is 180 g/mol. The molecule has 0 aliphatic rings. The standard InChI is InChI=1S/C11H6N3/c1-2-8-4-11-9(6-12-7-14-11)5-10(8)13-3-1/h1-5,7H. The molecule has 14 heavy (non-hydrogen) atoms. The van der Waals surface area contributed by atoms with Crippen molar-refractivity contribution >= 4 is 21.8 Å². The second kappa shape index (κ2) is 2.73. The predicted octanol–water partition coefficient (Wildman–Crippen LogP) is 1.98. The van der Waals surface area contributed by atoms with Crippen LogP contribution in [0.15, 0.2) is 36.8 Å². The summed E-state index contributed by atoms with van der Waals surface area (Å²) < 4.78 is 0. The fourth-order valence-corrected chi connectivity index (χ4v) is 1.49. The first-order valence-electron chi connectivity index (χ1n) is 4.31. The summed E-state index contributed by atoms with van der Waals surface area (Å²) in [6.45, 7) is 0. The molecule has 0 spiro atoms. The molecule has 65 valence electrons. The van der Waals surface area contributed by atoms with Gasteiger partial charge in [-0.2, -0.15) is 0 Å². The lowest BCUT2D eigenvalue weighted by molar-refractivity contribution is 1.21. The summed E-state index contributed by atoms with van der Waals surface area (Å²) in [6, 6.07) is 7.88. The minimum Gasteiger partial charge on any atom is -0.256 e. The normalized spacial score (nSPS) is 10.9. The zero-order valence-corrected chi connectivity index (χ0v) is 7.31. The van der Waals surface area contributed by atoms with Gasteiger partial charge in [0.05, 0.1) is 11.0 Å². The molecule has 3 heteroatoms. The van der Waals surface area contributed by atoms with Gasteiger partial charge in [-0.25, -0.2) is 9.97 Å². The summed E-state index contributed by atoms with van der Waals surface area (Å²) in [5.74, 6) is 0. The molecule has 3 nitrogen and oxygen atoms in total. The molecule has 0 amide bonds. The molecule has 0 atom stereocenters. The van der Waals surface area contributed by atoms with E-state index < -0.39 is 0 Å². The van der Waals surface area contributed by atoms with E-state index in [0.717, 1.165) is 21.8 Å². The summed E-state index contributed by atoms with van der Waals surface area (Å²) in [7, 11) is 0. The van der Waals surface area contributed by atoms with Crippen LogP contribution in [0.5, 0.6) is 0 Å². The number of hydrogen-bond acceptors (Lipinski definition) is 3. The number of pyridine rings is 1. The van der Waals surface area contributed by atoms with E-state index in [2.05, 4.69) is 21.1 Å². The number of hydrogen-bond donors (Lipinski definition) is 0. The first-order chi connectivity index (χ1) is 6.93. The van der Waals surface area contributed by atoms with Gasteiger partial charge in [0.25, 0.3) is 0 Å². The van der Waals surface area contributed by atoms with Crippen LogP contribution in [0.4, 0.5) is 0 Å². The Morgan fingerprint density at radius 1 is 1.07 bits per heavy atom. The van der Waals surface area contributed by atoms with Gasteiger partial charge in [0, 0.05) is 17.0 Å². The molecule has 3 rings (SSSR count). The van der Waals surface area contributed by atoms with E-state index in [0.29, 0.717) is 0 Å². The molecule has 2 heterocycles. The quantitative estimate of drug-likeness (QED) is 0.496. The van der Waals surface area contributed by atoms with Crippen LogP contribution in [0.3, 0.4) is 0 Å². The maximum atomic E-state index is 4.26. The lowest BCUT2D eigenvalue weighted by Crippen LogP contribution is -1.83. The molecular formula is C11H6N3. The van der Waals surface area contributed by atoms with Gasteiger partial charge in [0.15, 0.2) is 0 Å². The minimum absolute atomic E-state index is 0.902. The molecule has 0 aliphatic heterocycles. The van der Waals surface area contributed by atoms with Crippen molar-refractivity contribution in [3.05, 3.63) is 43.0 Å². The maximum Gasteiger partial charge on any atom is 0.116 e. The number of nitrogens with zero attached hydrogens (tertiary/aromatic N) is 3. The number of rotatable bonds is 0. The first-order valence-corrected chi connectivity index (χ1v) is 4.31. The van der Waals surface area contributed by atoms with Crippen molar-refractivity contribution in [2.24, 2.45) is 0 Å². The van der Waals surface area contributed by atoms with E-state index in [9.17, 15) is 0 Å². The van der Waals surface area contributed by atoms with Crippen molar-refractivity contribution in [1.82, 2.24) is 15.0 Å². The van der Waals surface area contributed by atoms with Crippen LogP contribution in [-0.4, -0.2) is 15.0 Å². The van der Waals surface area contributed by atoms with E-state index in [1.54, 1.807) is 6.20 Å². The van der Waals surface area contributed by atoms with Crippen LogP contribution < -0.4 is 0 Å². The summed E-state index contributed by atoms with van der Waals surface area (Å²) in [6.07, 6.45) is 6.17. The highest BCUT2D eigenvalue weighted by Gasteiger charge is 1.98. The van der Waals surface area contributed by atoms with Gasteiger partial charge in [0.2, 0.25) is 0 Å². The molecule has 0 aliphatic carbocycles. The Kier molecular flexibility index (Phi) is 1.44. The number of benzene rings is 1. The van der Waals surface area contributed by atoms with Crippen LogP contribution in [-0.2, 0) is 0 Å². The number of aromatic nitrogens is 3. The van der Waals surface area contributed by atoms with Crippen LogP contribution in [0.25, 0.3) is 21.8 Å². The average Bonchev–Trinajstić information content (AvgIpc) is 2.26. The molecule has 1 radical (unpaired) electrons. The highest BCUT2D eigenvalue weighted by molar-refractivity contribution is 5.93. The fraction of sp³-hybridized carbons (Fsp3) is 0. The lowest BCUT2D eigenvalue weighted by atomic mass is 10.1. The van der Waals surface area contributed by atoms with Crippen LogP contribution in [0, 0.1) is 6.20 Å². The molecule has 3 aromatic rings. The second-order valence-electron chi connectivity index (χ2n) is 3.05. The van der Waals surface area contributed by atoms with Gasteiger partial charge >= 0.3 is 0 Å². The predicted molar refractivity (Wildman–Crippen MR) is 53.7 cm³/mol. The van der Waals surface area contributed by atoms with Gasteiger partial charge < -0.3 is 0 Å². The van der Waals surface area contributed by atoms with Crippen LogP contribution in [0.1, 0.15) is 0 Å². The zero-order chi connectivity index (χ0) is 9.38. The van der Waals surface area contributed by atoms with Crippen molar-refractivity contribution in [2.45, 2.75) is 0 Å². The zero-order valence-electron chi connectivity index (χ0n) is 7.31. The Labute approximate surface area is 80.5 Å². The van der Waals surface area contributed by atoms with E-state index in [-0.39, 0.29) is 0 Å². The monoisotopic (exact) mass is 180 g/mol. The molecule has 1 aromatic carbocycles. The third-order valence-electron chi connectivity index (χ3n) is 2.16. The van der Waals surface area contributed by atoms with Gasteiger partial charge in [0.1, 0.15) is 12.5 Å². The Bertz CT molecular complexity index is 499. The van der Waals surface area contributed by atoms with E-state index >= 15 is 0 Å². The molecule has 0 bridgehead atoms. The van der Waals surface area contributed by atoms with Crippen molar-refractivity contribution in [1.29, 1.82) is 0 Å². The van der Waals surface area contributed by atoms with Crippen molar-refractivity contribution in [3.8, 4) is 0 Å². The third kappa shape index (κ3) is 1.03. The van der Waals surface area contributed by atoms with Crippen LogP contribution >= 0.6 is 0 Å². The van der Waals surface area contributed by atoms with Crippen LogP contribution in [0.2, 0.25) is 0 Å². The molecule has 0 saturated carbocycles.